The van der Waals surface area contributed by atoms with Crippen molar-refractivity contribution in [3.05, 3.63) is 29.8 Å². The summed E-state index contributed by atoms with van der Waals surface area (Å²) in [6.45, 7) is 3.26. The number of piperidine rings is 1. The lowest BCUT2D eigenvalue weighted by Gasteiger charge is -2.27. The molecule has 2 N–H and O–H groups in total. The minimum absolute atomic E-state index is 0. The van der Waals surface area contributed by atoms with Crippen LogP contribution in [-0.2, 0) is 11.0 Å². The molecule has 1 aromatic rings. The van der Waals surface area contributed by atoms with E-state index < -0.39 is 11.7 Å². The molecule has 1 aromatic carbocycles. The average Bonchev–Trinajstić information content (AvgIpc) is 2.51. The van der Waals surface area contributed by atoms with Crippen LogP contribution in [0, 0.1) is 5.92 Å². The summed E-state index contributed by atoms with van der Waals surface area (Å²) in [6.07, 6.45) is -2.80. The Morgan fingerprint density at radius 2 is 2.17 bits per heavy atom. The summed E-state index contributed by atoms with van der Waals surface area (Å²) >= 11 is 0. The molecule has 0 spiro atoms. The monoisotopic (exact) mass is 366 g/mol. The standard InChI is InChI=1S/C16H21F3N2O2.ClH/c1-11-9-12(5-6-20-11)15(22)21-7-8-23-14-4-2-3-13(10-14)16(17,18)19;/h2-4,10-12,20H,5-9H2,1H3,(H,21,22);1H/t11-,12-;/m0./s1. The van der Waals surface area contributed by atoms with Gasteiger partial charge in [0, 0.05) is 12.0 Å². The third kappa shape index (κ3) is 6.20. The highest BCUT2D eigenvalue weighted by molar-refractivity contribution is 5.85. The molecule has 1 aliphatic heterocycles. The van der Waals surface area contributed by atoms with E-state index in [4.69, 9.17) is 4.74 Å². The second kappa shape index (κ2) is 9.13. The Bertz CT molecular complexity index is 540. The fourth-order valence-electron chi connectivity index (χ4n) is 2.62. The second-order valence-corrected chi connectivity index (χ2v) is 5.74. The number of benzene rings is 1. The van der Waals surface area contributed by atoms with Crippen LogP contribution in [0.25, 0.3) is 0 Å². The highest BCUT2D eigenvalue weighted by Gasteiger charge is 2.30. The van der Waals surface area contributed by atoms with Gasteiger partial charge in [0.15, 0.2) is 0 Å². The second-order valence-electron chi connectivity index (χ2n) is 5.74. The molecule has 1 saturated heterocycles. The molecule has 0 aromatic heterocycles. The Labute approximate surface area is 145 Å². The summed E-state index contributed by atoms with van der Waals surface area (Å²) in [5.41, 5.74) is -0.747. The van der Waals surface area contributed by atoms with Gasteiger partial charge in [-0.1, -0.05) is 6.07 Å². The smallest absolute Gasteiger partial charge is 0.416 e. The molecule has 1 amide bonds. The number of carbonyl (C=O) groups is 1. The molecule has 0 unspecified atom stereocenters. The van der Waals surface area contributed by atoms with Crippen molar-refractivity contribution in [1.82, 2.24) is 10.6 Å². The lowest BCUT2D eigenvalue weighted by Crippen LogP contribution is -2.43. The van der Waals surface area contributed by atoms with Gasteiger partial charge in [0.25, 0.3) is 0 Å². The van der Waals surface area contributed by atoms with Crippen molar-refractivity contribution in [1.29, 1.82) is 0 Å². The van der Waals surface area contributed by atoms with Gasteiger partial charge in [-0.15, -0.1) is 12.4 Å². The molecule has 1 aliphatic rings. The van der Waals surface area contributed by atoms with E-state index in [9.17, 15) is 18.0 Å². The summed E-state index contributed by atoms with van der Waals surface area (Å²) in [4.78, 5) is 12.0. The SMILES string of the molecule is C[C@H]1C[C@@H](C(=O)NCCOc2cccc(C(F)(F)F)c2)CCN1.Cl. The summed E-state index contributed by atoms with van der Waals surface area (Å²) in [5, 5.41) is 6.05. The van der Waals surface area contributed by atoms with Crippen LogP contribution in [0.2, 0.25) is 0 Å². The molecule has 0 aliphatic carbocycles. The van der Waals surface area contributed by atoms with Crippen molar-refractivity contribution in [2.75, 3.05) is 19.7 Å². The fraction of sp³-hybridized carbons (Fsp3) is 0.562. The minimum Gasteiger partial charge on any atom is -0.492 e. The van der Waals surface area contributed by atoms with Gasteiger partial charge in [0.2, 0.25) is 5.91 Å². The van der Waals surface area contributed by atoms with Crippen LogP contribution < -0.4 is 15.4 Å². The van der Waals surface area contributed by atoms with E-state index in [1.165, 1.54) is 12.1 Å². The number of hydrogen-bond acceptors (Lipinski definition) is 3. The van der Waals surface area contributed by atoms with Gasteiger partial charge in [-0.25, -0.2) is 0 Å². The van der Waals surface area contributed by atoms with Gasteiger partial charge in [-0.2, -0.15) is 13.2 Å². The Hall–Kier alpha value is -1.47. The summed E-state index contributed by atoms with van der Waals surface area (Å²) < 4.78 is 43.0. The van der Waals surface area contributed by atoms with Crippen LogP contribution in [0.3, 0.4) is 0 Å². The van der Waals surface area contributed by atoms with Gasteiger partial charge in [-0.3, -0.25) is 4.79 Å². The molecule has 136 valence electrons. The Kier molecular flexibility index (Phi) is 7.83. The summed E-state index contributed by atoms with van der Waals surface area (Å²) in [7, 11) is 0. The third-order valence-electron chi connectivity index (χ3n) is 3.83. The maximum atomic E-state index is 12.6. The highest BCUT2D eigenvalue weighted by atomic mass is 35.5. The molecule has 4 nitrogen and oxygen atoms in total. The van der Waals surface area contributed by atoms with Gasteiger partial charge in [-0.05, 0) is 44.5 Å². The maximum absolute atomic E-state index is 12.6. The van der Waals surface area contributed by atoms with Crippen LogP contribution in [0.4, 0.5) is 13.2 Å². The van der Waals surface area contributed by atoms with E-state index >= 15 is 0 Å². The van der Waals surface area contributed by atoms with E-state index in [1.54, 1.807) is 0 Å². The zero-order valence-electron chi connectivity index (χ0n) is 13.4. The molecule has 2 rings (SSSR count). The number of ether oxygens (including phenoxy) is 1. The van der Waals surface area contributed by atoms with E-state index in [0.29, 0.717) is 6.04 Å². The van der Waals surface area contributed by atoms with Crippen molar-refractivity contribution in [3.8, 4) is 5.75 Å². The number of amides is 1. The predicted octanol–water partition coefficient (Wildman–Crippen LogP) is 3.01. The van der Waals surface area contributed by atoms with E-state index in [-0.39, 0.29) is 43.1 Å². The number of nitrogens with one attached hydrogen (secondary N) is 2. The quantitative estimate of drug-likeness (QED) is 0.788. The number of halogens is 4. The van der Waals surface area contributed by atoms with Crippen molar-refractivity contribution < 1.29 is 22.7 Å². The predicted molar refractivity (Wildman–Crippen MR) is 87.4 cm³/mol. The lowest BCUT2D eigenvalue weighted by atomic mass is 9.92. The number of alkyl halides is 3. The van der Waals surface area contributed by atoms with E-state index in [0.717, 1.165) is 31.5 Å². The van der Waals surface area contributed by atoms with Gasteiger partial charge in [0.1, 0.15) is 12.4 Å². The summed E-state index contributed by atoms with van der Waals surface area (Å²) in [6, 6.07) is 5.03. The first-order valence-corrected chi connectivity index (χ1v) is 7.67. The van der Waals surface area contributed by atoms with Gasteiger partial charge < -0.3 is 15.4 Å². The van der Waals surface area contributed by atoms with Crippen LogP contribution in [0.15, 0.2) is 24.3 Å². The number of carbonyl (C=O) groups excluding carboxylic acids is 1. The Morgan fingerprint density at radius 3 is 2.83 bits per heavy atom. The van der Waals surface area contributed by atoms with E-state index in [2.05, 4.69) is 10.6 Å². The topological polar surface area (TPSA) is 50.4 Å². The van der Waals surface area contributed by atoms with Crippen molar-refractivity contribution in [3.63, 3.8) is 0 Å². The highest BCUT2D eigenvalue weighted by Crippen LogP contribution is 2.31. The van der Waals surface area contributed by atoms with Crippen molar-refractivity contribution >= 4 is 18.3 Å². The van der Waals surface area contributed by atoms with Crippen molar-refractivity contribution in [2.24, 2.45) is 5.92 Å². The molecule has 0 radical (unpaired) electrons. The molecular formula is C16H22ClF3N2O2. The van der Waals surface area contributed by atoms with Crippen LogP contribution in [0.1, 0.15) is 25.3 Å². The minimum atomic E-state index is -4.39. The molecule has 0 saturated carbocycles. The van der Waals surface area contributed by atoms with Crippen LogP contribution in [0.5, 0.6) is 5.75 Å². The summed E-state index contributed by atoms with van der Waals surface area (Å²) in [5.74, 6) is 0.107. The van der Waals surface area contributed by atoms with Gasteiger partial charge in [0.05, 0.1) is 12.1 Å². The first-order valence-electron chi connectivity index (χ1n) is 7.67. The molecule has 0 bridgehead atoms. The first kappa shape index (κ1) is 20.6. The van der Waals surface area contributed by atoms with Gasteiger partial charge >= 0.3 is 6.18 Å². The van der Waals surface area contributed by atoms with Crippen LogP contribution >= 0.6 is 12.4 Å². The first-order chi connectivity index (χ1) is 10.9. The largest absolute Gasteiger partial charge is 0.492 e. The van der Waals surface area contributed by atoms with Crippen LogP contribution in [-0.4, -0.2) is 31.6 Å². The van der Waals surface area contributed by atoms with E-state index in [1.807, 2.05) is 6.92 Å². The fourth-order valence-corrected chi connectivity index (χ4v) is 2.62. The zero-order chi connectivity index (χ0) is 16.9. The van der Waals surface area contributed by atoms with Crippen molar-refractivity contribution in [2.45, 2.75) is 32.0 Å². The zero-order valence-corrected chi connectivity index (χ0v) is 14.2. The molecule has 8 heteroatoms. The molecule has 1 heterocycles. The third-order valence-corrected chi connectivity index (χ3v) is 3.83. The lowest BCUT2D eigenvalue weighted by molar-refractivity contribution is -0.137. The molecule has 24 heavy (non-hydrogen) atoms. The molecule has 1 fully saturated rings. The maximum Gasteiger partial charge on any atom is 0.416 e. The molecule has 2 atom stereocenters. The average molecular weight is 367 g/mol. The molecular weight excluding hydrogens is 345 g/mol. The number of hydrogen-bond donors (Lipinski definition) is 2. The number of rotatable bonds is 5. The Morgan fingerprint density at radius 1 is 1.42 bits per heavy atom. The normalized spacial score (nSPS) is 20.8. The Balaban J connectivity index is 0.00000288.